The first-order valence-corrected chi connectivity index (χ1v) is 9.32. The second-order valence-electron chi connectivity index (χ2n) is 6.34. The first kappa shape index (κ1) is 16.5. The fourth-order valence-electron chi connectivity index (χ4n) is 3.25. The maximum absolute atomic E-state index is 12.7. The molecule has 2 aromatic carbocycles. The molecule has 0 saturated heterocycles. The summed E-state index contributed by atoms with van der Waals surface area (Å²) < 4.78 is 0. The molecule has 2 N–H and O–H groups in total. The van der Waals surface area contributed by atoms with Crippen molar-refractivity contribution in [1.29, 1.82) is 0 Å². The first-order chi connectivity index (χ1) is 12.6. The Morgan fingerprint density at radius 2 is 1.62 bits per heavy atom. The number of benzene rings is 2. The van der Waals surface area contributed by atoms with Crippen LogP contribution in [0.5, 0.6) is 0 Å². The van der Waals surface area contributed by atoms with E-state index in [4.69, 9.17) is 0 Å². The predicted octanol–water partition coefficient (Wildman–Crippen LogP) is 4.72. The second kappa shape index (κ2) is 6.77. The number of hydrogen-bond acceptors (Lipinski definition) is 3. The Balaban J connectivity index is 1.57. The summed E-state index contributed by atoms with van der Waals surface area (Å²) in [5, 5.41) is 5.65. The van der Waals surface area contributed by atoms with Crippen molar-refractivity contribution in [2.75, 3.05) is 10.6 Å². The number of carbonyl (C=O) groups excluding carboxylic acids is 2. The zero-order valence-corrected chi connectivity index (χ0v) is 15.2. The summed E-state index contributed by atoms with van der Waals surface area (Å²) in [6.45, 7) is 1.46. The van der Waals surface area contributed by atoms with Crippen LogP contribution in [-0.4, -0.2) is 11.8 Å². The summed E-state index contributed by atoms with van der Waals surface area (Å²) in [6.07, 6.45) is 1.98. The van der Waals surface area contributed by atoms with Crippen molar-refractivity contribution in [3.63, 3.8) is 0 Å². The van der Waals surface area contributed by atoms with Crippen LogP contribution in [-0.2, 0) is 17.6 Å². The maximum atomic E-state index is 12.7. The molecule has 0 fully saturated rings. The van der Waals surface area contributed by atoms with E-state index in [9.17, 15) is 9.59 Å². The monoisotopic (exact) mass is 362 g/mol. The number of fused-ring (bicyclic) bond motifs is 3. The summed E-state index contributed by atoms with van der Waals surface area (Å²) in [4.78, 5) is 25.8. The van der Waals surface area contributed by atoms with Crippen LogP contribution in [0, 0.1) is 0 Å². The largest absolute Gasteiger partial charge is 0.326 e. The summed E-state index contributed by atoms with van der Waals surface area (Å²) >= 11 is 1.54. The molecule has 2 amide bonds. The van der Waals surface area contributed by atoms with Gasteiger partial charge in [0.25, 0.3) is 5.91 Å². The highest BCUT2D eigenvalue weighted by atomic mass is 32.1. The van der Waals surface area contributed by atoms with Gasteiger partial charge in [-0.1, -0.05) is 30.3 Å². The van der Waals surface area contributed by atoms with E-state index >= 15 is 0 Å². The SMILES string of the molecule is CC(=O)Nc1cccc(NC(=O)c2cc3c(s2)-c2ccccc2CC3)c1. The summed E-state index contributed by atoms with van der Waals surface area (Å²) in [7, 11) is 0. The Labute approximate surface area is 155 Å². The van der Waals surface area contributed by atoms with Gasteiger partial charge in [-0.05, 0) is 53.8 Å². The van der Waals surface area contributed by atoms with Gasteiger partial charge in [-0.2, -0.15) is 0 Å². The van der Waals surface area contributed by atoms with E-state index in [1.54, 1.807) is 18.2 Å². The molecule has 1 heterocycles. The number of thiophene rings is 1. The third-order valence-electron chi connectivity index (χ3n) is 4.40. The molecule has 1 aliphatic carbocycles. The molecular formula is C21H18N2O2S. The van der Waals surface area contributed by atoms with Gasteiger partial charge in [-0.3, -0.25) is 9.59 Å². The third-order valence-corrected chi connectivity index (χ3v) is 5.61. The van der Waals surface area contributed by atoms with Gasteiger partial charge >= 0.3 is 0 Å². The van der Waals surface area contributed by atoms with Crippen LogP contribution >= 0.6 is 11.3 Å². The molecule has 0 atom stereocenters. The first-order valence-electron chi connectivity index (χ1n) is 8.50. The van der Waals surface area contributed by atoms with Gasteiger partial charge in [0.1, 0.15) is 0 Å². The molecule has 0 saturated carbocycles. The van der Waals surface area contributed by atoms with Crippen molar-refractivity contribution in [2.24, 2.45) is 0 Å². The van der Waals surface area contributed by atoms with Gasteiger partial charge in [0.2, 0.25) is 5.91 Å². The number of carbonyl (C=O) groups is 2. The standard InChI is InChI=1S/C21H18N2O2S/c1-13(24)22-16-6-4-7-17(12-16)23-21(25)19-11-15-10-9-14-5-2-3-8-18(14)20(15)26-19/h2-8,11-12H,9-10H2,1H3,(H,22,24)(H,23,25). The van der Waals surface area contributed by atoms with Crippen LogP contribution in [0.2, 0.25) is 0 Å². The van der Waals surface area contributed by atoms with E-state index in [0.717, 1.165) is 12.8 Å². The average Bonchev–Trinajstić information content (AvgIpc) is 3.06. The molecule has 0 spiro atoms. The zero-order chi connectivity index (χ0) is 18.1. The molecule has 0 radical (unpaired) electrons. The smallest absolute Gasteiger partial charge is 0.265 e. The van der Waals surface area contributed by atoms with Crippen LogP contribution in [0.25, 0.3) is 10.4 Å². The van der Waals surface area contributed by atoms with Gasteiger partial charge in [0, 0.05) is 23.2 Å². The number of hydrogen-bond donors (Lipinski definition) is 2. The van der Waals surface area contributed by atoms with Gasteiger partial charge in [-0.15, -0.1) is 11.3 Å². The minimum Gasteiger partial charge on any atom is -0.326 e. The van der Waals surface area contributed by atoms with E-state index in [1.165, 1.54) is 39.8 Å². The minimum atomic E-state index is -0.141. The molecule has 0 unspecified atom stereocenters. The van der Waals surface area contributed by atoms with Crippen molar-refractivity contribution < 1.29 is 9.59 Å². The highest BCUT2D eigenvalue weighted by Crippen LogP contribution is 2.39. The van der Waals surface area contributed by atoms with E-state index in [0.29, 0.717) is 16.3 Å². The van der Waals surface area contributed by atoms with Crippen molar-refractivity contribution in [2.45, 2.75) is 19.8 Å². The van der Waals surface area contributed by atoms with Crippen LogP contribution in [0.1, 0.15) is 27.7 Å². The maximum Gasteiger partial charge on any atom is 0.265 e. The lowest BCUT2D eigenvalue weighted by Crippen LogP contribution is -2.11. The Morgan fingerprint density at radius 3 is 2.42 bits per heavy atom. The Bertz CT molecular complexity index is 1010. The molecule has 130 valence electrons. The fraction of sp³-hybridized carbons (Fsp3) is 0.143. The van der Waals surface area contributed by atoms with Crippen molar-refractivity contribution in [3.8, 4) is 10.4 Å². The zero-order valence-electron chi connectivity index (χ0n) is 14.3. The topological polar surface area (TPSA) is 58.2 Å². The van der Waals surface area contributed by atoms with E-state index < -0.39 is 0 Å². The molecule has 0 bridgehead atoms. The molecule has 1 aliphatic rings. The number of rotatable bonds is 3. The summed E-state index contributed by atoms with van der Waals surface area (Å²) in [5.74, 6) is -0.264. The lowest BCUT2D eigenvalue weighted by atomic mass is 9.91. The fourth-order valence-corrected chi connectivity index (χ4v) is 4.42. The van der Waals surface area contributed by atoms with Gasteiger partial charge < -0.3 is 10.6 Å². The molecule has 26 heavy (non-hydrogen) atoms. The van der Waals surface area contributed by atoms with Gasteiger partial charge in [0.15, 0.2) is 0 Å². The number of aryl methyl sites for hydroxylation is 2. The van der Waals surface area contributed by atoms with E-state index in [1.807, 2.05) is 18.2 Å². The quantitative estimate of drug-likeness (QED) is 0.708. The molecular weight excluding hydrogens is 344 g/mol. The Kier molecular flexibility index (Phi) is 4.31. The number of nitrogens with one attached hydrogen (secondary N) is 2. The van der Waals surface area contributed by atoms with Crippen molar-refractivity contribution >= 4 is 34.5 Å². The third kappa shape index (κ3) is 3.26. The van der Waals surface area contributed by atoms with Gasteiger partial charge in [-0.25, -0.2) is 0 Å². The molecule has 5 heteroatoms. The van der Waals surface area contributed by atoms with Gasteiger partial charge in [0.05, 0.1) is 4.88 Å². The minimum absolute atomic E-state index is 0.123. The lowest BCUT2D eigenvalue weighted by molar-refractivity contribution is -0.114. The second-order valence-corrected chi connectivity index (χ2v) is 7.39. The van der Waals surface area contributed by atoms with E-state index in [-0.39, 0.29) is 11.8 Å². The molecule has 4 rings (SSSR count). The van der Waals surface area contributed by atoms with Crippen LogP contribution in [0.4, 0.5) is 11.4 Å². The Morgan fingerprint density at radius 1 is 0.885 bits per heavy atom. The van der Waals surface area contributed by atoms with Crippen LogP contribution in [0.15, 0.2) is 54.6 Å². The molecule has 3 aromatic rings. The molecule has 4 nitrogen and oxygen atoms in total. The predicted molar refractivity (Wildman–Crippen MR) is 106 cm³/mol. The highest BCUT2D eigenvalue weighted by Gasteiger charge is 2.21. The normalized spacial score (nSPS) is 12.0. The number of amides is 2. The Hall–Kier alpha value is -2.92. The van der Waals surface area contributed by atoms with Crippen molar-refractivity contribution in [3.05, 3.63) is 70.6 Å². The summed E-state index contributed by atoms with van der Waals surface area (Å²) in [5.41, 5.74) is 5.15. The lowest BCUT2D eigenvalue weighted by Gasteiger charge is -2.15. The molecule has 1 aromatic heterocycles. The van der Waals surface area contributed by atoms with E-state index in [2.05, 4.69) is 28.8 Å². The van der Waals surface area contributed by atoms with Crippen molar-refractivity contribution in [1.82, 2.24) is 0 Å². The molecule has 0 aliphatic heterocycles. The number of anilines is 2. The van der Waals surface area contributed by atoms with Crippen LogP contribution in [0.3, 0.4) is 0 Å². The average molecular weight is 362 g/mol. The van der Waals surface area contributed by atoms with Crippen LogP contribution < -0.4 is 10.6 Å². The highest BCUT2D eigenvalue weighted by molar-refractivity contribution is 7.17. The summed E-state index contributed by atoms with van der Waals surface area (Å²) in [6, 6.07) is 17.5.